The van der Waals surface area contributed by atoms with E-state index >= 15 is 0 Å². The van der Waals surface area contributed by atoms with E-state index in [2.05, 4.69) is 25.8 Å². The van der Waals surface area contributed by atoms with Crippen molar-refractivity contribution in [2.45, 2.75) is 11.7 Å². The van der Waals surface area contributed by atoms with Crippen molar-refractivity contribution in [2.24, 2.45) is 7.05 Å². The molecule has 0 radical (unpaired) electrons. The molecular formula is C14H15N7O2S. The van der Waals surface area contributed by atoms with Crippen LogP contribution in [0.15, 0.2) is 40.5 Å². The lowest BCUT2D eigenvalue weighted by Gasteiger charge is -2.07. The third-order valence-electron chi connectivity index (χ3n) is 3.28. The Balaban J connectivity index is 1.54. The number of fused-ring (bicyclic) bond motifs is 1. The molecular weight excluding hydrogens is 330 g/mol. The maximum Gasteiger partial charge on any atom is 0.261 e. The number of nitrogens with zero attached hydrogens (tertiary/aromatic N) is 6. The summed E-state index contributed by atoms with van der Waals surface area (Å²) in [5.41, 5.74) is 0.392. The number of carbonyl (C=O) groups is 1. The molecule has 0 aliphatic rings. The van der Waals surface area contributed by atoms with Crippen LogP contribution < -0.4 is 10.9 Å². The third kappa shape index (κ3) is 3.59. The van der Waals surface area contributed by atoms with Crippen LogP contribution in [0.4, 0.5) is 0 Å². The van der Waals surface area contributed by atoms with Gasteiger partial charge in [-0.1, -0.05) is 23.9 Å². The van der Waals surface area contributed by atoms with Gasteiger partial charge in [0.05, 0.1) is 17.2 Å². The second-order valence-electron chi connectivity index (χ2n) is 4.98. The molecule has 0 unspecified atom stereocenters. The van der Waals surface area contributed by atoms with Gasteiger partial charge in [-0.05, 0) is 22.6 Å². The van der Waals surface area contributed by atoms with Crippen LogP contribution in [0.5, 0.6) is 0 Å². The highest BCUT2D eigenvalue weighted by Gasteiger charge is 2.08. The van der Waals surface area contributed by atoms with Crippen molar-refractivity contribution in [1.29, 1.82) is 0 Å². The summed E-state index contributed by atoms with van der Waals surface area (Å²) in [7, 11) is 1.75. The monoisotopic (exact) mass is 345 g/mol. The zero-order chi connectivity index (χ0) is 16.9. The zero-order valence-corrected chi connectivity index (χ0v) is 13.7. The van der Waals surface area contributed by atoms with Crippen molar-refractivity contribution in [3.05, 3.63) is 40.9 Å². The van der Waals surface area contributed by atoms with Gasteiger partial charge in [0.2, 0.25) is 11.1 Å². The molecule has 1 amide bonds. The molecule has 0 aliphatic carbocycles. The Labute approximate surface area is 141 Å². The molecule has 1 N–H and O–H groups in total. The normalized spacial score (nSPS) is 10.9. The molecule has 0 aliphatic heterocycles. The minimum Gasteiger partial charge on any atom is -0.354 e. The van der Waals surface area contributed by atoms with Crippen molar-refractivity contribution in [2.75, 3.05) is 12.3 Å². The standard InChI is InChI=1S/C14H15N7O2S/c1-20-14(17-18-19-20)24-7-6-15-12(22)8-21-9-16-11-5-3-2-4-10(11)13(21)23/h2-5,9H,6-8H2,1H3,(H,15,22). The Bertz CT molecular complexity index is 921. The second-order valence-corrected chi connectivity index (χ2v) is 6.04. The van der Waals surface area contributed by atoms with E-state index in [0.717, 1.165) is 0 Å². The minimum atomic E-state index is -0.245. The molecule has 3 aromatic rings. The molecule has 0 saturated carbocycles. The topological polar surface area (TPSA) is 108 Å². The lowest BCUT2D eigenvalue weighted by Crippen LogP contribution is -2.33. The van der Waals surface area contributed by atoms with Gasteiger partial charge in [0.25, 0.3) is 5.56 Å². The maximum atomic E-state index is 12.3. The SMILES string of the molecule is Cn1nnnc1SCCNC(=O)Cn1cnc2ccccc2c1=O. The fourth-order valence-electron chi connectivity index (χ4n) is 2.11. The van der Waals surface area contributed by atoms with Crippen LogP contribution in [0.2, 0.25) is 0 Å². The van der Waals surface area contributed by atoms with Crippen molar-refractivity contribution < 1.29 is 4.79 Å². The highest BCUT2D eigenvalue weighted by Crippen LogP contribution is 2.10. The second kappa shape index (κ2) is 7.21. The van der Waals surface area contributed by atoms with Crippen molar-refractivity contribution >= 4 is 28.6 Å². The van der Waals surface area contributed by atoms with Gasteiger partial charge in [-0.25, -0.2) is 9.67 Å². The van der Waals surface area contributed by atoms with Crippen LogP contribution in [0.1, 0.15) is 0 Å². The fraction of sp³-hybridized carbons (Fsp3) is 0.286. The number of nitrogens with one attached hydrogen (secondary N) is 1. The largest absolute Gasteiger partial charge is 0.354 e. The van der Waals surface area contributed by atoms with E-state index in [9.17, 15) is 9.59 Å². The van der Waals surface area contributed by atoms with E-state index in [1.54, 1.807) is 29.9 Å². The number of hydrogen-bond donors (Lipinski definition) is 1. The number of hydrogen-bond acceptors (Lipinski definition) is 7. The summed E-state index contributed by atoms with van der Waals surface area (Å²) in [5, 5.41) is 15.0. The number of benzene rings is 1. The zero-order valence-electron chi connectivity index (χ0n) is 12.9. The summed E-state index contributed by atoms with van der Waals surface area (Å²) in [6, 6.07) is 7.05. The lowest BCUT2D eigenvalue weighted by atomic mass is 10.2. The van der Waals surface area contributed by atoms with Crippen LogP contribution in [-0.4, -0.2) is 48.0 Å². The van der Waals surface area contributed by atoms with Gasteiger partial charge in [-0.15, -0.1) is 5.10 Å². The number of tetrazole rings is 1. The first kappa shape index (κ1) is 16.1. The smallest absolute Gasteiger partial charge is 0.261 e. The number of amides is 1. The molecule has 0 fully saturated rings. The summed E-state index contributed by atoms with van der Waals surface area (Å²) in [6.07, 6.45) is 1.39. The quantitative estimate of drug-likeness (QED) is 0.488. The van der Waals surface area contributed by atoms with E-state index in [1.165, 1.54) is 22.7 Å². The van der Waals surface area contributed by atoms with Crippen LogP contribution in [-0.2, 0) is 18.4 Å². The minimum absolute atomic E-state index is 0.0626. The first-order chi connectivity index (χ1) is 11.6. The summed E-state index contributed by atoms with van der Waals surface area (Å²) < 4.78 is 2.87. The molecule has 0 atom stereocenters. The van der Waals surface area contributed by atoms with Gasteiger partial charge in [0.1, 0.15) is 6.54 Å². The number of aryl methyl sites for hydroxylation is 1. The highest BCUT2D eigenvalue weighted by atomic mass is 32.2. The Hall–Kier alpha value is -2.75. The van der Waals surface area contributed by atoms with E-state index in [-0.39, 0.29) is 18.0 Å². The van der Waals surface area contributed by atoms with Crippen LogP contribution in [0.3, 0.4) is 0 Å². The molecule has 3 rings (SSSR count). The summed E-state index contributed by atoms with van der Waals surface area (Å²) in [4.78, 5) is 28.5. The lowest BCUT2D eigenvalue weighted by molar-refractivity contribution is -0.121. The number of rotatable bonds is 6. The fourth-order valence-corrected chi connectivity index (χ4v) is 2.81. The average Bonchev–Trinajstić information content (AvgIpc) is 3.00. The summed E-state index contributed by atoms with van der Waals surface area (Å²) in [6.45, 7) is 0.388. The molecule has 0 bridgehead atoms. The third-order valence-corrected chi connectivity index (χ3v) is 4.29. The van der Waals surface area contributed by atoms with Crippen molar-refractivity contribution in [3.8, 4) is 0 Å². The van der Waals surface area contributed by atoms with Gasteiger partial charge in [0, 0.05) is 19.3 Å². The Kier molecular flexibility index (Phi) is 4.85. The Morgan fingerprint density at radius 2 is 2.17 bits per heavy atom. The number of aromatic nitrogens is 6. The Morgan fingerprint density at radius 1 is 1.33 bits per heavy atom. The van der Waals surface area contributed by atoms with Gasteiger partial charge < -0.3 is 5.32 Å². The molecule has 0 spiro atoms. The van der Waals surface area contributed by atoms with Gasteiger partial charge in [0.15, 0.2) is 0 Å². The summed E-state index contributed by atoms with van der Waals surface area (Å²) in [5.74, 6) is 0.385. The first-order valence-corrected chi connectivity index (χ1v) is 8.20. The van der Waals surface area contributed by atoms with Gasteiger partial charge in [-0.2, -0.15) is 0 Å². The molecule has 0 saturated heterocycles. The molecule has 2 aromatic heterocycles. The predicted octanol–water partition coefficient (Wildman–Crippen LogP) is -0.171. The average molecular weight is 345 g/mol. The molecule has 24 heavy (non-hydrogen) atoms. The molecule has 1 aromatic carbocycles. The van der Waals surface area contributed by atoms with Crippen molar-refractivity contribution in [1.82, 2.24) is 35.1 Å². The van der Waals surface area contributed by atoms with E-state index in [0.29, 0.717) is 28.4 Å². The highest BCUT2D eigenvalue weighted by molar-refractivity contribution is 7.99. The van der Waals surface area contributed by atoms with Gasteiger partial charge >= 0.3 is 0 Å². The molecule has 124 valence electrons. The number of para-hydroxylation sites is 1. The number of thioether (sulfide) groups is 1. The number of carbonyl (C=O) groups excluding carboxylic acids is 1. The van der Waals surface area contributed by atoms with E-state index in [1.807, 2.05) is 6.07 Å². The van der Waals surface area contributed by atoms with E-state index < -0.39 is 0 Å². The predicted molar refractivity (Wildman–Crippen MR) is 88.5 cm³/mol. The van der Waals surface area contributed by atoms with Crippen molar-refractivity contribution in [3.63, 3.8) is 0 Å². The van der Waals surface area contributed by atoms with Crippen LogP contribution in [0.25, 0.3) is 10.9 Å². The summed E-state index contributed by atoms with van der Waals surface area (Å²) >= 11 is 1.44. The van der Waals surface area contributed by atoms with E-state index in [4.69, 9.17) is 0 Å². The Morgan fingerprint density at radius 3 is 2.96 bits per heavy atom. The molecule has 9 nitrogen and oxygen atoms in total. The molecule has 2 heterocycles. The van der Waals surface area contributed by atoms with Crippen LogP contribution in [0, 0.1) is 0 Å². The maximum absolute atomic E-state index is 12.3. The van der Waals surface area contributed by atoms with Crippen LogP contribution >= 0.6 is 11.8 Å². The first-order valence-electron chi connectivity index (χ1n) is 7.21. The molecule has 10 heteroatoms. The van der Waals surface area contributed by atoms with Gasteiger partial charge in [-0.3, -0.25) is 14.2 Å².